The summed E-state index contributed by atoms with van der Waals surface area (Å²) in [4.78, 5) is 17.0. The van der Waals surface area contributed by atoms with Crippen molar-refractivity contribution in [2.24, 2.45) is 16.6 Å². The molecule has 0 aliphatic carbocycles. The van der Waals surface area contributed by atoms with E-state index in [4.69, 9.17) is 10.7 Å². The molecule has 2 aromatic carbocycles. The summed E-state index contributed by atoms with van der Waals surface area (Å²) in [5, 5.41) is 0. The number of halogens is 1. The van der Waals surface area contributed by atoms with Crippen molar-refractivity contribution >= 4 is 11.6 Å². The van der Waals surface area contributed by atoms with Crippen molar-refractivity contribution in [1.29, 1.82) is 0 Å². The molecule has 0 radical (unpaired) electrons. The van der Waals surface area contributed by atoms with E-state index in [0.29, 0.717) is 6.42 Å². The molecule has 3 nitrogen and oxygen atoms in total. The Hall–Kier alpha value is -2.49. The molecule has 1 aliphatic rings. The number of fused-ring (bicyclic) bond motifs is 1. The fourth-order valence-corrected chi connectivity index (χ4v) is 3.27. The lowest BCUT2D eigenvalue weighted by atomic mass is 9.81. The molecule has 24 heavy (non-hydrogen) atoms. The minimum atomic E-state index is -0.531. The van der Waals surface area contributed by atoms with Crippen molar-refractivity contribution in [2.75, 3.05) is 0 Å². The molecular formula is C20H21FN2O. The second kappa shape index (κ2) is 6.19. The minimum Gasteiger partial charge on any atom is -0.369 e. The zero-order chi connectivity index (χ0) is 17.3. The molecular weight excluding hydrogens is 303 g/mol. The van der Waals surface area contributed by atoms with E-state index in [1.54, 1.807) is 12.1 Å². The van der Waals surface area contributed by atoms with Gasteiger partial charge >= 0.3 is 0 Å². The van der Waals surface area contributed by atoms with Gasteiger partial charge in [0.2, 0.25) is 5.91 Å². The van der Waals surface area contributed by atoms with Crippen molar-refractivity contribution in [3.8, 4) is 0 Å². The number of benzene rings is 2. The van der Waals surface area contributed by atoms with Gasteiger partial charge in [0.25, 0.3) is 0 Å². The second-order valence-corrected chi connectivity index (χ2v) is 6.93. The van der Waals surface area contributed by atoms with Gasteiger partial charge in [-0.2, -0.15) is 0 Å². The molecule has 2 aromatic rings. The summed E-state index contributed by atoms with van der Waals surface area (Å²) in [5.41, 5.74) is 9.19. The third-order valence-electron chi connectivity index (χ3n) is 4.37. The van der Waals surface area contributed by atoms with Gasteiger partial charge < -0.3 is 5.73 Å². The van der Waals surface area contributed by atoms with Gasteiger partial charge in [-0.25, -0.2) is 4.39 Å². The summed E-state index contributed by atoms with van der Waals surface area (Å²) < 4.78 is 13.1. The first-order valence-corrected chi connectivity index (χ1v) is 8.07. The van der Waals surface area contributed by atoms with Gasteiger partial charge in [-0.15, -0.1) is 0 Å². The highest BCUT2D eigenvalue weighted by molar-refractivity contribution is 6.14. The molecule has 1 amide bonds. The molecule has 1 aliphatic heterocycles. The molecule has 2 N–H and O–H groups in total. The first-order chi connectivity index (χ1) is 11.4. The lowest BCUT2D eigenvalue weighted by molar-refractivity contribution is -0.119. The molecule has 0 saturated carbocycles. The average molecular weight is 324 g/mol. The summed E-state index contributed by atoms with van der Waals surface area (Å²) in [6.07, 6.45) is 1.24. The van der Waals surface area contributed by atoms with Crippen molar-refractivity contribution in [2.45, 2.75) is 32.2 Å². The first kappa shape index (κ1) is 16.4. The normalized spacial score (nSPS) is 16.9. The highest BCUT2D eigenvalue weighted by Crippen LogP contribution is 2.30. The smallest absolute Gasteiger partial charge is 0.226 e. The molecule has 0 bridgehead atoms. The van der Waals surface area contributed by atoms with E-state index < -0.39 is 11.8 Å². The third-order valence-corrected chi connectivity index (χ3v) is 4.37. The van der Waals surface area contributed by atoms with Crippen LogP contribution >= 0.6 is 0 Å². The number of amides is 1. The number of hydrogen-bond acceptors (Lipinski definition) is 2. The molecule has 0 fully saturated rings. The first-order valence-electron chi connectivity index (χ1n) is 8.07. The van der Waals surface area contributed by atoms with Crippen molar-refractivity contribution in [1.82, 2.24) is 0 Å². The summed E-state index contributed by atoms with van der Waals surface area (Å²) >= 11 is 0. The number of hydrogen-bond donors (Lipinski definition) is 1. The van der Waals surface area contributed by atoms with Crippen molar-refractivity contribution in [3.05, 3.63) is 71.0 Å². The number of carbonyl (C=O) groups excluding carboxylic acids is 1. The van der Waals surface area contributed by atoms with Gasteiger partial charge in [-0.3, -0.25) is 9.79 Å². The topological polar surface area (TPSA) is 55.5 Å². The summed E-state index contributed by atoms with van der Waals surface area (Å²) in [6, 6.07) is 14.2. The molecule has 0 unspecified atom stereocenters. The number of carbonyl (C=O) groups is 1. The van der Waals surface area contributed by atoms with Crippen molar-refractivity contribution in [3.63, 3.8) is 0 Å². The molecule has 4 heteroatoms. The third kappa shape index (κ3) is 3.37. The number of primary amides is 1. The van der Waals surface area contributed by atoms with E-state index in [1.807, 2.05) is 18.2 Å². The van der Waals surface area contributed by atoms with E-state index in [9.17, 15) is 9.18 Å². The number of aliphatic imine (C=N–C) groups is 1. The van der Waals surface area contributed by atoms with Gasteiger partial charge in [0, 0.05) is 0 Å². The monoisotopic (exact) mass is 324 g/mol. The van der Waals surface area contributed by atoms with Crippen LogP contribution in [-0.4, -0.2) is 17.2 Å². The Kier molecular flexibility index (Phi) is 4.22. The Balaban J connectivity index is 2.02. The Morgan fingerprint density at radius 2 is 1.88 bits per heavy atom. The predicted octanol–water partition coefficient (Wildman–Crippen LogP) is 3.29. The van der Waals surface area contributed by atoms with E-state index in [0.717, 1.165) is 23.3 Å². The van der Waals surface area contributed by atoms with E-state index in [1.165, 1.54) is 17.7 Å². The van der Waals surface area contributed by atoms with E-state index in [-0.39, 0.29) is 11.4 Å². The molecule has 0 spiro atoms. The average Bonchev–Trinajstić information content (AvgIpc) is 2.52. The number of rotatable bonds is 4. The maximum absolute atomic E-state index is 13.1. The van der Waals surface area contributed by atoms with Gasteiger partial charge in [-0.05, 0) is 55.5 Å². The Morgan fingerprint density at radius 3 is 2.54 bits per heavy atom. The Labute approximate surface area is 141 Å². The maximum atomic E-state index is 13.1. The van der Waals surface area contributed by atoms with Crippen LogP contribution in [0, 0.1) is 11.7 Å². The quantitative estimate of drug-likeness (QED) is 0.922. The predicted molar refractivity (Wildman–Crippen MR) is 93.6 cm³/mol. The fourth-order valence-electron chi connectivity index (χ4n) is 3.27. The van der Waals surface area contributed by atoms with Gasteiger partial charge in [-0.1, -0.05) is 36.4 Å². The summed E-state index contributed by atoms with van der Waals surface area (Å²) in [6.45, 7) is 4.11. The lowest BCUT2D eigenvalue weighted by Gasteiger charge is -2.31. The highest BCUT2D eigenvalue weighted by Gasteiger charge is 2.32. The molecule has 1 atom stereocenters. The zero-order valence-corrected chi connectivity index (χ0v) is 13.9. The zero-order valence-electron chi connectivity index (χ0n) is 13.9. The van der Waals surface area contributed by atoms with Crippen LogP contribution in [0.2, 0.25) is 0 Å². The van der Waals surface area contributed by atoms with E-state index in [2.05, 4.69) is 19.9 Å². The van der Waals surface area contributed by atoms with Crippen LogP contribution in [0.5, 0.6) is 0 Å². The standard InChI is InChI=1S/C20H21FN2O/c1-20(2)12-14-5-3-4-6-16(14)18(23-20)17(19(22)24)11-13-7-9-15(21)10-8-13/h3-10,17H,11-12H2,1-2H3,(H2,22,24)/t17-/m0/s1. The summed E-state index contributed by atoms with van der Waals surface area (Å²) in [7, 11) is 0. The van der Waals surface area contributed by atoms with Gasteiger partial charge in [0.05, 0.1) is 17.2 Å². The van der Waals surface area contributed by atoms with E-state index >= 15 is 0 Å². The van der Waals surface area contributed by atoms with Crippen LogP contribution in [-0.2, 0) is 17.6 Å². The van der Waals surface area contributed by atoms with Crippen LogP contribution in [0.15, 0.2) is 53.5 Å². The largest absolute Gasteiger partial charge is 0.369 e. The molecule has 124 valence electrons. The number of nitrogens with two attached hydrogens (primary N) is 1. The van der Waals surface area contributed by atoms with Crippen LogP contribution in [0.25, 0.3) is 0 Å². The molecule has 0 saturated heterocycles. The highest BCUT2D eigenvalue weighted by atomic mass is 19.1. The van der Waals surface area contributed by atoms with Crippen LogP contribution in [0.1, 0.15) is 30.5 Å². The SMILES string of the molecule is CC1(C)Cc2ccccc2C([C@H](Cc2ccc(F)cc2)C(N)=O)=N1. The fraction of sp³-hybridized carbons (Fsp3) is 0.300. The van der Waals surface area contributed by atoms with Gasteiger partial charge in [0.15, 0.2) is 0 Å². The van der Waals surface area contributed by atoms with Crippen LogP contribution in [0.3, 0.4) is 0 Å². The molecule has 0 aromatic heterocycles. The Morgan fingerprint density at radius 1 is 1.21 bits per heavy atom. The maximum Gasteiger partial charge on any atom is 0.226 e. The molecule has 1 heterocycles. The van der Waals surface area contributed by atoms with Crippen LogP contribution in [0.4, 0.5) is 4.39 Å². The lowest BCUT2D eigenvalue weighted by Crippen LogP contribution is -2.38. The molecule has 3 rings (SSSR count). The van der Waals surface area contributed by atoms with Gasteiger partial charge in [0.1, 0.15) is 5.82 Å². The minimum absolute atomic E-state index is 0.278. The Bertz CT molecular complexity index is 794. The van der Waals surface area contributed by atoms with Crippen LogP contribution < -0.4 is 5.73 Å². The second-order valence-electron chi connectivity index (χ2n) is 6.93. The summed E-state index contributed by atoms with van der Waals surface area (Å²) in [5.74, 6) is -1.24. The number of nitrogens with zero attached hydrogens (tertiary/aromatic N) is 1. The van der Waals surface area contributed by atoms with Crippen molar-refractivity contribution < 1.29 is 9.18 Å².